The summed E-state index contributed by atoms with van der Waals surface area (Å²) < 4.78 is 12.6. The fourth-order valence-corrected chi connectivity index (χ4v) is 3.59. The van der Waals surface area contributed by atoms with E-state index < -0.39 is 0 Å². The molecule has 8 nitrogen and oxygen atoms in total. The minimum Gasteiger partial charge on any atom is -0.497 e. The van der Waals surface area contributed by atoms with E-state index in [4.69, 9.17) is 14.3 Å². The normalized spacial score (nSPS) is 11.4. The summed E-state index contributed by atoms with van der Waals surface area (Å²) >= 11 is 1.18. The van der Waals surface area contributed by atoms with Gasteiger partial charge in [0.1, 0.15) is 11.6 Å². The molecule has 2 heterocycles. The Morgan fingerprint density at radius 3 is 2.48 bits per heavy atom. The van der Waals surface area contributed by atoms with Crippen LogP contribution in [0.4, 0.5) is 5.82 Å². The lowest BCUT2D eigenvalue weighted by Crippen LogP contribution is -2.17. The molecule has 0 bridgehead atoms. The second kappa shape index (κ2) is 9.50. The molecule has 2 aromatic carbocycles. The van der Waals surface area contributed by atoms with E-state index in [1.165, 1.54) is 11.8 Å². The number of methoxy groups -OCH3 is 1. The number of hydrogen-bond acceptors (Lipinski definition) is 7. The molecule has 0 aliphatic heterocycles. The zero-order valence-corrected chi connectivity index (χ0v) is 19.7. The summed E-state index contributed by atoms with van der Waals surface area (Å²) in [6, 6.07) is 18.9. The van der Waals surface area contributed by atoms with Gasteiger partial charge in [-0.15, -0.1) is 10.2 Å². The number of benzene rings is 2. The number of thioether (sulfide) groups is 1. The topological polar surface area (TPSA) is 95.1 Å². The quantitative estimate of drug-likeness (QED) is 0.387. The van der Waals surface area contributed by atoms with Gasteiger partial charge in [-0.1, -0.05) is 50.7 Å². The van der Waals surface area contributed by atoms with Crippen LogP contribution in [0.1, 0.15) is 26.5 Å². The highest BCUT2D eigenvalue weighted by molar-refractivity contribution is 7.99. The maximum atomic E-state index is 12.7. The molecule has 0 unspecified atom stereocenters. The predicted octanol–water partition coefficient (Wildman–Crippen LogP) is 4.96. The Kier molecular flexibility index (Phi) is 6.50. The van der Waals surface area contributed by atoms with Crippen molar-refractivity contribution in [2.75, 3.05) is 18.2 Å². The van der Waals surface area contributed by atoms with Crippen molar-refractivity contribution in [3.63, 3.8) is 0 Å². The Morgan fingerprint density at radius 1 is 1.09 bits per heavy atom. The van der Waals surface area contributed by atoms with E-state index >= 15 is 0 Å². The summed E-state index contributed by atoms with van der Waals surface area (Å²) in [6.07, 6.45) is 0. The predicted molar refractivity (Wildman–Crippen MR) is 128 cm³/mol. The molecule has 4 aromatic rings. The second-order valence-electron chi connectivity index (χ2n) is 8.35. The molecule has 1 amide bonds. The van der Waals surface area contributed by atoms with E-state index in [1.807, 2.05) is 60.7 Å². The van der Waals surface area contributed by atoms with Crippen LogP contribution >= 0.6 is 11.8 Å². The highest BCUT2D eigenvalue weighted by Crippen LogP contribution is 2.27. The van der Waals surface area contributed by atoms with Crippen molar-refractivity contribution in [2.24, 2.45) is 0 Å². The first-order valence-electron chi connectivity index (χ1n) is 10.4. The maximum Gasteiger partial charge on any atom is 0.277 e. The molecular weight excluding hydrogens is 438 g/mol. The molecule has 170 valence electrons. The molecule has 0 saturated carbocycles. The number of ether oxygens (including phenoxy) is 1. The Hall–Kier alpha value is -3.59. The third kappa shape index (κ3) is 5.43. The van der Waals surface area contributed by atoms with Crippen molar-refractivity contribution in [2.45, 2.75) is 31.4 Å². The van der Waals surface area contributed by atoms with Crippen molar-refractivity contribution in [3.05, 3.63) is 66.4 Å². The summed E-state index contributed by atoms with van der Waals surface area (Å²) in [5.74, 6) is 1.67. The number of para-hydroxylation sites is 1. The zero-order chi connectivity index (χ0) is 23.4. The Balaban J connectivity index is 1.44. The lowest BCUT2D eigenvalue weighted by Gasteiger charge is -2.14. The number of aromatic nitrogens is 4. The SMILES string of the molecule is COc1ccc(-c2nnc(SCC(=O)Nc3cc(C(C)(C)C)nn3-c3ccccc3)o2)cc1. The van der Waals surface area contributed by atoms with Gasteiger partial charge in [0, 0.05) is 17.0 Å². The van der Waals surface area contributed by atoms with Crippen LogP contribution in [0.25, 0.3) is 17.1 Å². The van der Waals surface area contributed by atoms with Gasteiger partial charge in [-0.3, -0.25) is 4.79 Å². The van der Waals surface area contributed by atoms with Gasteiger partial charge in [0.25, 0.3) is 5.22 Å². The first-order valence-corrected chi connectivity index (χ1v) is 11.4. The van der Waals surface area contributed by atoms with Crippen LogP contribution in [0.2, 0.25) is 0 Å². The molecule has 2 aromatic heterocycles. The van der Waals surface area contributed by atoms with Crippen LogP contribution in [0.15, 0.2) is 70.3 Å². The number of anilines is 1. The summed E-state index contributed by atoms with van der Waals surface area (Å²) in [5, 5.41) is 16.1. The molecule has 0 spiro atoms. The monoisotopic (exact) mass is 463 g/mol. The minimum absolute atomic E-state index is 0.120. The number of hydrogen-bond donors (Lipinski definition) is 1. The third-order valence-electron chi connectivity index (χ3n) is 4.82. The van der Waals surface area contributed by atoms with Gasteiger partial charge in [-0.2, -0.15) is 5.10 Å². The van der Waals surface area contributed by atoms with Crippen molar-refractivity contribution < 1.29 is 13.9 Å². The number of carbonyl (C=O) groups excluding carboxylic acids is 1. The van der Waals surface area contributed by atoms with Gasteiger partial charge in [-0.25, -0.2) is 4.68 Å². The van der Waals surface area contributed by atoms with Crippen LogP contribution in [-0.4, -0.2) is 38.7 Å². The molecule has 0 saturated heterocycles. The minimum atomic E-state index is -0.193. The van der Waals surface area contributed by atoms with Gasteiger partial charge >= 0.3 is 0 Å². The van der Waals surface area contributed by atoms with Gasteiger partial charge in [0.15, 0.2) is 0 Å². The molecule has 1 N–H and O–H groups in total. The standard InChI is InChI=1S/C24H25N5O3S/c1-24(2,3)19-14-20(29(28-19)17-8-6-5-7-9-17)25-21(30)15-33-23-27-26-22(32-23)16-10-12-18(31-4)13-11-16/h5-14H,15H2,1-4H3,(H,25,30). The first kappa shape index (κ1) is 22.6. The van der Waals surface area contributed by atoms with Crippen LogP contribution < -0.4 is 10.1 Å². The van der Waals surface area contributed by atoms with Gasteiger partial charge in [-0.05, 0) is 36.4 Å². The molecule has 4 rings (SSSR count). The molecule has 9 heteroatoms. The van der Waals surface area contributed by atoms with Crippen LogP contribution in [0.5, 0.6) is 5.75 Å². The molecule has 0 radical (unpaired) electrons. The summed E-state index contributed by atoms with van der Waals surface area (Å²) in [4.78, 5) is 12.7. The number of nitrogens with one attached hydrogen (secondary N) is 1. The first-order chi connectivity index (χ1) is 15.8. The maximum absolute atomic E-state index is 12.7. The molecule has 0 atom stereocenters. The summed E-state index contributed by atoms with van der Waals surface area (Å²) in [5.41, 5.74) is 2.38. The van der Waals surface area contributed by atoms with Crippen molar-refractivity contribution >= 4 is 23.5 Å². The summed E-state index contributed by atoms with van der Waals surface area (Å²) in [7, 11) is 1.61. The van der Waals surface area contributed by atoms with E-state index in [2.05, 4.69) is 36.3 Å². The van der Waals surface area contributed by atoms with Gasteiger partial charge < -0.3 is 14.5 Å². The van der Waals surface area contributed by atoms with E-state index in [0.717, 1.165) is 22.7 Å². The Labute approximate surface area is 196 Å². The molecule has 0 aliphatic carbocycles. The van der Waals surface area contributed by atoms with E-state index in [-0.39, 0.29) is 17.1 Å². The van der Waals surface area contributed by atoms with Crippen LogP contribution in [0, 0.1) is 0 Å². The zero-order valence-electron chi connectivity index (χ0n) is 18.9. The van der Waals surface area contributed by atoms with Gasteiger partial charge in [0.05, 0.1) is 24.2 Å². The van der Waals surface area contributed by atoms with E-state index in [9.17, 15) is 4.79 Å². The number of amides is 1. The number of nitrogens with zero attached hydrogens (tertiary/aromatic N) is 4. The van der Waals surface area contributed by atoms with Crippen LogP contribution in [-0.2, 0) is 10.2 Å². The average molecular weight is 464 g/mol. The highest BCUT2D eigenvalue weighted by Gasteiger charge is 2.22. The average Bonchev–Trinajstić information content (AvgIpc) is 3.46. The Bertz CT molecular complexity index is 1230. The van der Waals surface area contributed by atoms with Crippen molar-refractivity contribution in [1.82, 2.24) is 20.0 Å². The molecular formula is C24H25N5O3S. The number of rotatable bonds is 7. The smallest absolute Gasteiger partial charge is 0.277 e. The lowest BCUT2D eigenvalue weighted by atomic mass is 9.92. The summed E-state index contributed by atoms with van der Waals surface area (Å²) in [6.45, 7) is 6.26. The molecule has 33 heavy (non-hydrogen) atoms. The van der Waals surface area contributed by atoms with Crippen molar-refractivity contribution in [1.29, 1.82) is 0 Å². The van der Waals surface area contributed by atoms with Gasteiger partial charge in [0.2, 0.25) is 11.8 Å². The molecule has 0 aliphatic rings. The fourth-order valence-electron chi connectivity index (χ4n) is 3.03. The second-order valence-corrected chi connectivity index (χ2v) is 9.28. The highest BCUT2D eigenvalue weighted by atomic mass is 32.2. The third-order valence-corrected chi connectivity index (χ3v) is 5.63. The Morgan fingerprint density at radius 2 is 1.82 bits per heavy atom. The molecule has 0 fully saturated rings. The fraction of sp³-hybridized carbons (Fsp3) is 0.250. The van der Waals surface area contributed by atoms with Crippen LogP contribution in [0.3, 0.4) is 0 Å². The number of carbonyl (C=O) groups is 1. The largest absolute Gasteiger partial charge is 0.497 e. The van der Waals surface area contributed by atoms with E-state index in [1.54, 1.807) is 11.8 Å². The van der Waals surface area contributed by atoms with E-state index in [0.29, 0.717) is 16.9 Å². The lowest BCUT2D eigenvalue weighted by molar-refractivity contribution is -0.113. The van der Waals surface area contributed by atoms with Crippen molar-refractivity contribution in [3.8, 4) is 22.9 Å².